The second kappa shape index (κ2) is 3.74. The minimum atomic E-state index is -2.73. The lowest BCUT2D eigenvalue weighted by Gasteiger charge is -2.07. The predicted molar refractivity (Wildman–Crippen MR) is 45.8 cm³/mol. The molecule has 1 aliphatic heterocycles. The van der Waals surface area contributed by atoms with Gasteiger partial charge in [-0.25, -0.2) is 8.42 Å². The van der Waals surface area contributed by atoms with Gasteiger partial charge in [0.1, 0.15) is 0 Å². The molecule has 66 valence electrons. The predicted octanol–water partition coefficient (Wildman–Crippen LogP) is 0.00190. The van der Waals surface area contributed by atoms with E-state index < -0.39 is 9.84 Å². The molecule has 0 aromatic carbocycles. The Bertz CT molecular complexity index is 215. The van der Waals surface area contributed by atoms with Gasteiger partial charge >= 0.3 is 0 Å². The summed E-state index contributed by atoms with van der Waals surface area (Å²) in [5.74, 6) is 1.15. The van der Waals surface area contributed by atoms with Gasteiger partial charge in [0.05, 0.1) is 11.5 Å². The summed E-state index contributed by atoms with van der Waals surface area (Å²) in [6, 6.07) is 0.138. The van der Waals surface area contributed by atoms with Gasteiger partial charge in [0.2, 0.25) is 0 Å². The van der Waals surface area contributed by atoms with Crippen LogP contribution >= 0.6 is 11.6 Å². The van der Waals surface area contributed by atoms with Crippen LogP contribution in [0.15, 0.2) is 0 Å². The van der Waals surface area contributed by atoms with E-state index in [1.54, 1.807) is 0 Å². The van der Waals surface area contributed by atoms with Crippen LogP contribution in [-0.2, 0) is 9.84 Å². The zero-order valence-electron chi connectivity index (χ0n) is 6.22. The largest absolute Gasteiger partial charge is 0.312 e. The lowest BCUT2D eigenvalue weighted by atomic mass is 10.3. The summed E-state index contributed by atoms with van der Waals surface area (Å²) in [6.07, 6.45) is 0.735. The molecular formula is C6H12ClNO2S. The van der Waals surface area contributed by atoms with Gasteiger partial charge in [-0.1, -0.05) is 0 Å². The quantitative estimate of drug-likeness (QED) is 0.648. The third kappa shape index (κ3) is 2.97. The summed E-state index contributed by atoms with van der Waals surface area (Å²) in [5, 5.41) is 3.08. The number of hydrogen-bond donors (Lipinski definition) is 1. The standard InChI is InChI=1S/C6H12ClNO2S/c7-2-3-8-6-1-4-11(9,10)5-6/h6,8H,1-5H2/t6-/m1/s1. The van der Waals surface area contributed by atoms with Crippen molar-refractivity contribution >= 4 is 21.4 Å². The molecule has 1 N–H and O–H groups in total. The minimum Gasteiger partial charge on any atom is -0.312 e. The van der Waals surface area contributed by atoms with Crippen molar-refractivity contribution < 1.29 is 8.42 Å². The highest BCUT2D eigenvalue weighted by Gasteiger charge is 2.26. The molecule has 0 saturated carbocycles. The first-order valence-corrected chi connectivity index (χ1v) is 5.99. The Morgan fingerprint density at radius 1 is 1.55 bits per heavy atom. The van der Waals surface area contributed by atoms with E-state index in [2.05, 4.69) is 5.32 Å². The molecule has 1 fully saturated rings. The van der Waals surface area contributed by atoms with Gasteiger partial charge in [-0.3, -0.25) is 0 Å². The molecule has 5 heteroatoms. The highest BCUT2D eigenvalue weighted by atomic mass is 35.5. The maximum atomic E-state index is 10.9. The van der Waals surface area contributed by atoms with E-state index in [-0.39, 0.29) is 11.8 Å². The van der Waals surface area contributed by atoms with Crippen LogP contribution in [-0.4, -0.2) is 38.4 Å². The Kier molecular flexibility index (Phi) is 3.16. The first-order valence-electron chi connectivity index (χ1n) is 3.64. The van der Waals surface area contributed by atoms with Gasteiger partial charge in [-0.2, -0.15) is 0 Å². The van der Waals surface area contributed by atoms with Crippen LogP contribution in [0.5, 0.6) is 0 Å². The van der Waals surface area contributed by atoms with E-state index in [1.807, 2.05) is 0 Å². The highest BCUT2D eigenvalue weighted by Crippen LogP contribution is 2.10. The second-order valence-corrected chi connectivity index (χ2v) is 5.35. The first-order chi connectivity index (χ1) is 5.14. The molecule has 0 aromatic rings. The molecule has 0 amide bonds. The van der Waals surface area contributed by atoms with Crippen molar-refractivity contribution in [2.45, 2.75) is 12.5 Å². The summed E-state index contributed by atoms with van der Waals surface area (Å²) < 4.78 is 21.9. The van der Waals surface area contributed by atoms with Gasteiger partial charge in [0.15, 0.2) is 9.84 Å². The lowest BCUT2D eigenvalue weighted by Crippen LogP contribution is -2.31. The SMILES string of the molecule is O=S1(=O)CC[C@@H](NCCCl)C1. The molecule has 1 atom stereocenters. The van der Waals surface area contributed by atoms with Gasteiger partial charge in [0.25, 0.3) is 0 Å². The van der Waals surface area contributed by atoms with Gasteiger partial charge in [0, 0.05) is 18.5 Å². The number of nitrogens with one attached hydrogen (secondary N) is 1. The average molecular weight is 198 g/mol. The average Bonchev–Trinajstić information content (AvgIpc) is 2.26. The molecule has 0 unspecified atom stereocenters. The van der Waals surface area contributed by atoms with Gasteiger partial charge in [-0.05, 0) is 6.42 Å². The third-order valence-electron chi connectivity index (χ3n) is 1.76. The van der Waals surface area contributed by atoms with Crippen molar-refractivity contribution in [1.82, 2.24) is 5.32 Å². The van der Waals surface area contributed by atoms with Crippen molar-refractivity contribution in [3.05, 3.63) is 0 Å². The summed E-state index contributed by atoms with van der Waals surface area (Å²) in [5.41, 5.74) is 0. The zero-order valence-corrected chi connectivity index (χ0v) is 7.79. The molecule has 0 bridgehead atoms. The molecule has 3 nitrogen and oxygen atoms in total. The number of hydrogen-bond acceptors (Lipinski definition) is 3. The van der Waals surface area contributed by atoms with E-state index in [4.69, 9.17) is 11.6 Å². The Morgan fingerprint density at radius 2 is 2.27 bits per heavy atom. The van der Waals surface area contributed by atoms with Crippen molar-refractivity contribution in [2.75, 3.05) is 23.9 Å². The highest BCUT2D eigenvalue weighted by molar-refractivity contribution is 7.91. The summed E-state index contributed by atoms with van der Waals surface area (Å²) in [7, 11) is -2.73. The first kappa shape index (κ1) is 9.29. The molecule has 0 aromatic heterocycles. The van der Waals surface area contributed by atoms with Crippen molar-refractivity contribution in [3.8, 4) is 0 Å². The fourth-order valence-electron chi connectivity index (χ4n) is 1.21. The summed E-state index contributed by atoms with van der Waals surface area (Å²) in [6.45, 7) is 0.696. The van der Waals surface area contributed by atoms with E-state index in [0.717, 1.165) is 6.42 Å². The Balaban J connectivity index is 2.31. The molecule has 11 heavy (non-hydrogen) atoms. The summed E-state index contributed by atoms with van der Waals surface area (Å²) in [4.78, 5) is 0. The van der Waals surface area contributed by atoms with Crippen LogP contribution < -0.4 is 5.32 Å². The number of halogens is 1. The van der Waals surface area contributed by atoms with E-state index in [1.165, 1.54) is 0 Å². The number of rotatable bonds is 3. The molecular weight excluding hydrogens is 186 g/mol. The van der Waals surface area contributed by atoms with E-state index in [0.29, 0.717) is 18.2 Å². The fraction of sp³-hybridized carbons (Fsp3) is 1.00. The van der Waals surface area contributed by atoms with Crippen molar-refractivity contribution in [1.29, 1.82) is 0 Å². The molecule has 1 aliphatic rings. The molecule has 0 spiro atoms. The van der Waals surface area contributed by atoms with Gasteiger partial charge in [-0.15, -0.1) is 11.6 Å². The normalized spacial score (nSPS) is 29.0. The molecule has 1 rings (SSSR count). The van der Waals surface area contributed by atoms with Crippen LogP contribution in [0.4, 0.5) is 0 Å². The Hall–Kier alpha value is 0.200. The van der Waals surface area contributed by atoms with Crippen molar-refractivity contribution in [3.63, 3.8) is 0 Å². The Labute approximate surface area is 72.0 Å². The number of sulfone groups is 1. The van der Waals surface area contributed by atoms with Crippen LogP contribution in [0.3, 0.4) is 0 Å². The Morgan fingerprint density at radius 3 is 2.73 bits per heavy atom. The van der Waals surface area contributed by atoms with Crippen LogP contribution in [0.25, 0.3) is 0 Å². The number of alkyl halides is 1. The third-order valence-corrected chi connectivity index (χ3v) is 3.72. The van der Waals surface area contributed by atoms with Crippen LogP contribution in [0, 0.1) is 0 Å². The van der Waals surface area contributed by atoms with E-state index in [9.17, 15) is 8.42 Å². The zero-order chi connectivity index (χ0) is 8.32. The van der Waals surface area contributed by atoms with E-state index >= 15 is 0 Å². The summed E-state index contributed by atoms with van der Waals surface area (Å²) >= 11 is 5.44. The maximum absolute atomic E-state index is 10.9. The molecule has 1 heterocycles. The van der Waals surface area contributed by atoms with Gasteiger partial charge < -0.3 is 5.32 Å². The maximum Gasteiger partial charge on any atom is 0.151 e. The minimum absolute atomic E-state index is 0.138. The molecule has 0 radical (unpaired) electrons. The second-order valence-electron chi connectivity index (χ2n) is 2.74. The van der Waals surface area contributed by atoms with Crippen LogP contribution in [0.1, 0.15) is 6.42 Å². The smallest absolute Gasteiger partial charge is 0.151 e. The fourth-order valence-corrected chi connectivity index (χ4v) is 3.03. The monoisotopic (exact) mass is 197 g/mol. The van der Waals surface area contributed by atoms with Crippen LogP contribution in [0.2, 0.25) is 0 Å². The topological polar surface area (TPSA) is 46.2 Å². The lowest BCUT2D eigenvalue weighted by molar-refractivity contribution is 0.574. The van der Waals surface area contributed by atoms with Crippen molar-refractivity contribution in [2.24, 2.45) is 0 Å². The molecule has 0 aliphatic carbocycles. The molecule has 1 saturated heterocycles.